The van der Waals surface area contributed by atoms with Gasteiger partial charge in [0.1, 0.15) is 23.8 Å². The van der Waals surface area contributed by atoms with Gasteiger partial charge in [0.15, 0.2) is 0 Å². The van der Waals surface area contributed by atoms with Crippen molar-refractivity contribution in [2.24, 2.45) is 0 Å². The van der Waals surface area contributed by atoms with Gasteiger partial charge in [0.05, 0.1) is 18.2 Å². The third kappa shape index (κ3) is 2.59. The molecule has 0 saturated heterocycles. The number of fused-ring (bicyclic) bond motifs is 2. The van der Waals surface area contributed by atoms with Gasteiger partial charge in [-0.15, -0.1) is 0 Å². The largest absolute Gasteiger partial charge is 0.492 e. The van der Waals surface area contributed by atoms with Crippen LogP contribution in [-0.2, 0) is 9.53 Å². The van der Waals surface area contributed by atoms with Crippen LogP contribution in [0.4, 0.5) is 5.95 Å². The van der Waals surface area contributed by atoms with E-state index in [1.165, 1.54) is 7.11 Å². The molecule has 4 rings (SSSR count). The number of benzene rings is 2. The van der Waals surface area contributed by atoms with Crippen molar-refractivity contribution >= 4 is 28.9 Å². The van der Waals surface area contributed by atoms with Gasteiger partial charge >= 0.3 is 5.97 Å². The zero-order valence-electron chi connectivity index (χ0n) is 13.4. The molecule has 0 saturated carbocycles. The number of anilines is 1. The highest BCUT2D eigenvalue weighted by molar-refractivity contribution is 6.03. The normalized spacial score (nSPS) is 15.5. The molecule has 1 aromatic heterocycles. The maximum absolute atomic E-state index is 12.6. The number of ether oxygens (including phenoxy) is 2. The fourth-order valence-electron chi connectivity index (χ4n) is 2.95. The van der Waals surface area contributed by atoms with Gasteiger partial charge in [0.2, 0.25) is 11.9 Å². The van der Waals surface area contributed by atoms with Crippen molar-refractivity contribution in [1.82, 2.24) is 9.97 Å². The number of nitrogens with one attached hydrogen (secondary N) is 2. The van der Waals surface area contributed by atoms with Crippen molar-refractivity contribution in [2.45, 2.75) is 5.92 Å². The van der Waals surface area contributed by atoms with Crippen molar-refractivity contribution in [3.8, 4) is 5.75 Å². The lowest BCUT2D eigenvalue weighted by Crippen LogP contribution is -2.22. The van der Waals surface area contributed by atoms with Crippen LogP contribution in [0.3, 0.4) is 0 Å². The Balaban J connectivity index is 1.61. The minimum absolute atomic E-state index is 0.219. The van der Waals surface area contributed by atoms with Gasteiger partial charge in [-0.25, -0.2) is 9.78 Å². The molecule has 1 aliphatic heterocycles. The Bertz CT molecular complexity index is 979. The summed E-state index contributed by atoms with van der Waals surface area (Å²) in [6.07, 6.45) is 0. The summed E-state index contributed by atoms with van der Waals surface area (Å²) in [6, 6.07) is 12.6. The Morgan fingerprint density at radius 2 is 2.08 bits per heavy atom. The molecule has 25 heavy (non-hydrogen) atoms. The fraction of sp³-hybridized carbons (Fsp3) is 0.167. The molecular weight excluding hydrogens is 322 g/mol. The Morgan fingerprint density at radius 1 is 1.24 bits per heavy atom. The number of aromatic nitrogens is 2. The molecule has 7 heteroatoms. The lowest BCUT2D eigenvalue weighted by atomic mass is 10.0. The molecule has 2 aromatic carbocycles. The average Bonchev–Trinajstić information content (AvgIpc) is 3.24. The summed E-state index contributed by atoms with van der Waals surface area (Å²) in [6.45, 7) is 0.290. The summed E-state index contributed by atoms with van der Waals surface area (Å²) in [5.74, 6) is -0.0952. The van der Waals surface area contributed by atoms with E-state index in [0.717, 1.165) is 11.3 Å². The van der Waals surface area contributed by atoms with Gasteiger partial charge in [0.25, 0.3) is 0 Å². The molecule has 0 bridgehead atoms. The molecule has 0 spiro atoms. The molecular formula is C18H15N3O4. The van der Waals surface area contributed by atoms with E-state index >= 15 is 0 Å². The molecule has 3 aromatic rings. The number of amides is 1. The lowest BCUT2D eigenvalue weighted by Gasteiger charge is -2.07. The number of carbonyl (C=O) groups is 2. The number of hydrogen-bond acceptors (Lipinski definition) is 5. The molecule has 1 aliphatic rings. The van der Waals surface area contributed by atoms with E-state index < -0.39 is 11.9 Å². The SMILES string of the molecule is COC(=O)c1cccc2[nH]c(NC(=O)C3COc4ccccc43)nc12. The van der Waals surface area contributed by atoms with Crippen molar-refractivity contribution in [3.05, 3.63) is 53.6 Å². The highest BCUT2D eigenvalue weighted by atomic mass is 16.5. The van der Waals surface area contributed by atoms with Crippen LogP contribution in [0.25, 0.3) is 11.0 Å². The molecule has 2 heterocycles. The van der Waals surface area contributed by atoms with E-state index in [2.05, 4.69) is 15.3 Å². The number of H-pyrrole nitrogens is 1. The number of para-hydroxylation sites is 2. The van der Waals surface area contributed by atoms with Crippen LogP contribution in [0.15, 0.2) is 42.5 Å². The molecule has 1 amide bonds. The van der Waals surface area contributed by atoms with Crippen LogP contribution >= 0.6 is 0 Å². The minimum atomic E-state index is -0.479. The summed E-state index contributed by atoms with van der Waals surface area (Å²) in [7, 11) is 1.31. The third-order valence-electron chi connectivity index (χ3n) is 4.18. The number of nitrogens with zero attached hydrogens (tertiary/aromatic N) is 1. The first-order valence-corrected chi connectivity index (χ1v) is 7.77. The Kier molecular flexibility index (Phi) is 3.61. The summed E-state index contributed by atoms with van der Waals surface area (Å²) in [4.78, 5) is 31.7. The van der Waals surface area contributed by atoms with E-state index in [-0.39, 0.29) is 11.9 Å². The molecule has 2 N–H and O–H groups in total. The van der Waals surface area contributed by atoms with Crippen LogP contribution in [0, 0.1) is 0 Å². The van der Waals surface area contributed by atoms with Gasteiger partial charge < -0.3 is 14.5 Å². The number of imidazole rings is 1. The quantitative estimate of drug-likeness (QED) is 0.716. The van der Waals surface area contributed by atoms with Gasteiger partial charge in [-0.05, 0) is 18.2 Å². The van der Waals surface area contributed by atoms with E-state index in [1.54, 1.807) is 18.2 Å². The fourth-order valence-corrected chi connectivity index (χ4v) is 2.95. The zero-order chi connectivity index (χ0) is 17.4. The predicted molar refractivity (Wildman–Crippen MR) is 90.7 cm³/mol. The summed E-state index contributed by atoms with van der Waals surface area (Å²) in [5.41, 5.74) is 2.28. The minimum Gasteiger partial charge on any atom is -0.492 e. The molecule has 126 valence electrons. The van der Waals surface area contributed by atoms with Crippen LogP contribution < -0.4 is 10.1 Å². The van der Waals surface area contributed by atoms with Crippen LogP contribution in [0.1, 0.15) is 21.8 Å². The molecule has 1 unspecified atom stereocenters. The lowest BCUT2D eigenvalue weighted by molar-refractivity contribution is -0.117. The van der Waals surface area contributed by atoms with Crippen LogP contribution in [0.5, 0.6) is 5.75 Å². The monoisotopic (exact) mass is 337 g/mol. The first-order valence-electron chi connectivity index (χ1n) is 7.77. The Morgan fingerprint density at radius 3 is 2.92 bits per heavy atom. The standard InChI is InChI=1S/C18H15N3O4/c1-24-17(23)11-6-4-7-13-15(11)20-18(19-13)21-16(22)12-9-25-14-8-3-2-5-10(12)14/h2-8,12H,9H2,1H3,(H2,19,20,21,22). The number of rotatable bonds is 3. The van der Waals surface area contributed by atoms with Gasteiger partial charge in [-0.3, -0.25) is 10.1 Å². The molecule has 0 radical (unpaired) electrons. The van der Waals surface area contributed by atoms with E-state index in [0.29, 0.717) is 23.2 Å². The summed E-state index contributed by atoms with van der Waals surface area (Å²) in [5, 5.41) is 2.76. The van der Waals surface area contributed by atoms with Crippen molar-refractivity contribution < 1.29 is 19.1 Å². The Hall–Kier alpha value is -3.35. The van der Waals surface area contributed by atoms with E-state index in [1.807, 2.05) is 24.3 Å². The van der Waals surface area contributed by atoms with Crippen molar-refractivity contribution in [1.29, 1.82) is 0 Å². The number of methoxy groups -OCH3 is 1. The highest BCUT2D eigenvalue weighted by Crippen LogP contribution is 2.34. The molecule has 0 aliphatic carbocycles. The highest BCUT2D eigenvalue weighted by Gasteiger charge is 2.30. The predicted octanol–water partition coefficient (Wildman–Crippen LogP) is 2.46. The van der Waals surface area contributed by atoms with Crippen LogP contribution in [0.2, 0.25) is 0 Å². The van der Waals surface area contributed by atoms with Crippen molar-refractivity contribution in [3.63, 3.8) is 0 Å². The topological polar surface area (TPSA) is 93.3 Å². The Labute approximate surface area is 143 Å². The second-order valence-electron chi connectivity index (χ2n) is 5.67. The van der Waals surface area contributed by atoms with Crippen LogP contribution in [-0.4, -0.2) is 35.6 Å². The van der Waals surface area contributed by atoms with Gasteiger partial charge in [0, 0.05) is 5.56 Å². The number of aromatic amines is 1. The third-order valence-corrected chi connectivity index (χ3v) is 4.18. The van der Waals surface area contributed by atoms with Crippen molar-refractivity contribution in [2.75, 3.05) is 19.0 Å². The average molecular weight is 337 g/mol. The maximum atomic E-state index is 12.6. The zero-order valence-corrected chi connectivity index (χ0v) is 13.4. The first kappa shape index (κ1) is 15.2. The number of esters is 1. The molecule has 1 atom stereocenters. The smallest absolute Gasteiger partial charge is 0.340 e. The molecule has 0 fully saturated rings. The summed E-state index contributed by atoms with van der Waals surface area (Å²) >= 11 is 0. The van der Waals surface area contributed by atoms with E-state index in [9.17, 15) is 9.59 Å². The second kappa shape index (κ2) is 5.94. The number of carbonyl (C=O) groups excluding carboxylic acids is 2. The summed E-state index contributed by atoms with van der Waals surface area (Å²) < 4.78 is 10.3. The second-order valence-corrected chi connectivity index (χ2v) is 5.67. The van der Waals surface area contributed by atoms with E-state index in [4.69, 9.17) is 9.47 Å². The first-order chi connectivity index (χ1) is 12.2. The molecule has 7 nitrogen and oxygen atoms in total. The number of hydrogen-bond donors (Lipinski definition) is 2. The maximum Gasteiger partial charge on any atom is 0.340 e. The van der Waals surface area contributed by atoms with Gasteiger partial charge in [-0.1, -0.05) is 24.3 Å². The van der Waals surface area contributed by atoms with Gasteiger partial charge in [-0.2, -0.15) is 0 Å².